The fourth-order valence-corrected chi connectivity index (χ4v) is 4.11. The van der Waals surface area contributed by atoms with Crippen molar-refractivity contribution in [2.24, 2.45) is 11.7 Å². The van der Waals surface area contributed by atoms with Crippen LogP contribution in [-0.2, 0) is 4.79 Å². The van der Waals surface area contributed by atoms with Gasteiger partial charge in [-0.3, -0.25) is 4.79 Å². The van der Waals surface area contributed by atoms with Gasteiger partial charge in [-0.05, 0) is 32.2 Å². The van der Waals surface area contributed by atoms with E-state index in [0.717, 1.165) is 51.6 Å². The van der Waals surface area contributed by atoms with Crippen molar-refractivity contribution in [3.63, 3.8) is 0 Å². The second kappa shape index (κ2) is 22.1. The number of amides is 1. The third-order valence-electron chi connectivity index (χ3n) is 6.15. The van der Waals surface area contributed by atoms with Crippen molar-refractivity contribution >= 4 is 5.91 Å². The van der Waals surface area contributed by atoms with E-state index in [4.69, 9.17) is 5.73 Å². The number of hydrogen-bond donors (Lipinski definition) is 1. The van der Waals surface area contributed by atoms with Crippen molar-refractivity contribution in [2.75, 3.05) is 19.6 Å². The van der Waals surface area contributed by atoms with E-state index in [1.54, 1.807) is 0 Å². The van der Waals surface area contributed by atoms with Gasteiger partial charge in [0, 0.05) is 19.0 Å². The van der Waals surface area contributed by atoms with E-state index < -0.39 is 0 Å². The van der Waals surface area contributed by atoms with Crippen LogP contribution in [0, 0.1) is 5.92 Å². The Bertz CT molecular complexity index is 338. The molecule has 0 aliphatic rings. The van der Waals surface area contributed by atoms with Crippen molar-refractivity contribution in [1.29, 1.82) is 0 Å². The van der Waals surface area contributed by atoms with Gasteiger partial charge in [0.15, 0.2) is 0 Å². The Morgan fingerprint density at radius 3 is 1.45 bits per heavy atom. The molecule has 0 aromatic carbocycles. The summed E-state index contributed by atoms with van der Waals surface area (Å²) in [6.07, 6.45) is 22.8. The second-order valence-corrected chi connectivity index (χ2v) is 8.98. The molecule has 1 atom stereocenters. The molecule has 0 bridgehead atoms. The van der Waals surface area contributed by atoms with Gasteiger partial charge < -0.3 is 10.6 Å². The molecule has 0 fully saturated rings. The molecule has 1 unspecified atom stereocenters. The van der Waals surface area contributed by atoms with Gasteiger partial charge in [0.2, 0.25) is 5.91 Å². The molecule has 0 rings (SSSR count). The summed E-state index contributed by atoms with van der Waals surface area (Å²) in [6.45, 7) is 9.16. The zero-order chi connectivity index (χ0) is 21.6. The van der Waals surface area contributed by atoms with Crippen LogP contribution in [-0.4, -0.2) is 30.4 Å². The average Bonchev–Trinajstić information content (AvgIpc) is 2.73. The molecule has 1 amide bonds. The molecule has 3 nitrogen and oxygen atoms in total. The minimum absolute atomic E-state index is 0.150. The Hall–Kier alpha value is -0.570. The number of carbonyl (C=O) groups excluding carboxylic acids is 1. The summed E-state index contributed by atoms with van der Waals surface area (Å²) in [6, 6.07) is 0. The van der Waals surface area contributed by atoms with E-state index in [0.29, 0.717) is 12.5 Å². The van der Waals surface area contributed by atoms with E-state index in [1.165, 1.54) is 77.0 Å². The van der Waals surface area contributed by atoms with Gasteiger partial charge in [0.1, 0.15) is 0 Å². The molecule has 0 radical (unpaired) electrons. The summed E-state index contributed by atoms with van der Waals surface area (Å²) in [5.41, 5.74) is 5.83. The maximum absolute atomic E-state index is 13.0. The van der Waals surface area contributed by atoms with Crippen LogP contribution in [0.4, 0.5) is 0 Å². The van der Waals surface area contributed by atoms with Crippen molar-refractivity contribution in [1.82, 2.24) is 4.90 Å². The first-order chi connectivity index (χ1) is 14.2. The number of hydrogen-bond acceptors (Lipinski definition) is 2. The molecule has 2 N–H and O–H groups in total. The molecule has 174 valence electrons. The van der Waals surface area contributed by atoms with Crippen LogP contribution in [0.2, 0.25) is 0 Å². The van der Waals surface area contributed by atoms with E-state index in [9.17, 15) is 4.79 Å². The van der Waals surface area contributed by atoms with Crippen LogP contribution in [0.15, 0.2) is 0 Å². The van der Waals surface area contributed by atoms with Gasteiger partial charge in [-0.25, -0.2) is 0 Å². The Balaban J connectivity index is 3.97. The largest absolute Gasteiger partial charge is 0.342 e. The molecule has 0 aromatic heterocycles. The molecule has 0 aliphatic carbocycles. The van der Waals surface area contributed by atoms with Crippen molar-refractivity contribution in [2.45, 2.75) is 136 Å². The van der Waals surface area contributed by atoms with Gasteiger partial charge >= 0.3 is 0 Å². The van der Waals surface area contributed by atoms with E-state index in [-0.39, 0.29) is 5.92 Å². The minimum atomic E-state index is 0.150. The summed E-state index contributed by atoms with van der Waals surface area (Å²) in [7, 11) is 0. The first-order valence-corrected chi connectivity index (χ1v) is 13.2. The Kier molecular flexibility index (Phi) is 21.7. The van der Waals surface area contributed by atoms with Crippen molar-refractivity contribution in [3.8, 4) is 0 Å². The van der Waals surface area contributed by atoms with E-state index in [1.807, 2.05) is 0 Å². The monoisotopic (exact) mass is 410 g/mol. The van der Waals surface area contributed by atoms with Crippen LogP contribution in [0.3, 0.4) is 0 Å². The normalized spacial score (nSPS) is 12.3. The van der Waals surface area contributed by atoms with E-state index in [2.05, 4.69) is 25.7 Å². The molecule has 0 spiro atoms. The smallest absolute Gasteiger partial charge is 0.225 e. The topological polar surface area (TPSA) is 46.3 Å². The lowest BCUT2D eigenvalue weighted by molar-refractivity contribution is -0.136. The Morgan fingerprint density at radius 2 is 1.03 bits per heavy atom. The van der Waals surface area contributed by atoms with Crippen LogP contribution in [0.25, 0.3) is 0 Å². The first-order valence-electron chi connectivity index (χ1n) is 13.2. The van der Waals surface area contributed by atoms with Gasteiger partial charge in [0.05, 0.1) is 0 Å². The number of carbonyl (C=O) groups is 1. The zero-order valence-electron chi connectivity index (χ0n) is 20.4. The maximum atomic E-state index is 13.0. The van der Waals surface area contributed by atoms with Gasteiger partial charge in [-0.2, -0.15) is 0 Å². The highest BCUT2D eigenvalue weighted by atomic mass is 16.2. The van der Waals surface area contributed by atoms with Gasteiger partial charge in [-0.1, -0.05) is 111 Å². The van der Waals surface area contributed by atoms with Crippen LogP contribution < -0.4 is 5.73 Å². The lowest BCUT2D eigenvalue weighted by Crippen LogP contribution is -2.38. The number of nitrogens with zero attached hydrogens (tertiary/aromatic N) is 1. The average molecular weight is 411 g/mol. The summed E-state index contributed by atoms with van der Waals surface area (Å²) < 4.78 is 0. The Morgan fingerprint density at radius 1 is 0.621 bits per heavy atom. The number of nitrogens with two attached hydrogens (primary N) is 1. The van der Waals surface area contributed by atoms with Crippen LogP contribution >= 0.6 is 0 Å². The highest BCUT2D eigenvalue weighted by molar-refractivity contribution is 5.78. The molecule has 29 heavy (non-hydrogen) atoms. The SMILES string of the molecule is CCCCCCCCCCCCCCC(CCN)C(=O)N(CCCC)CCCC. The van der Waals surface area contributed by atoms with Gasteiger partial charge in [-0.15, -0.1) is 0 Å². The molecule has 3 heteroatoms. The molecule has 0 saturated heterocycles. The van der Waals surface area contributed by atoms with E-state index >= 15 is 0 Å². The van der Waals surface area contributed by atoms with Gasteiger partial charge in [0.25, 0.3) is 0 Å². The standard InChI is InChI=1S/C26H54N2O/c1-4-7-10-11-12-13-14-15-16-17-18-19-20-25(21-22-27)26(29)28(23-8-5-2)24-9-6-3/h25H,4-24,27H2,1-3H3. The summed E-state index contributed by atoms with van der Waals surface area (Å²) in [5.74, 6) is 0.525. The second-order valence-electron chi connectivity index (χ2n) is 8.98. The maximum Gasteiger partial charge on any atom is 0.225 e. The molecule has 0 aromatic rings. The van der Waals surface area contributed by atoms with Crippen molar-refractivity contribution in [3.05, 3.63) is 0 Å². The Labute approximate surface area is 183 Å². The fourth-order valence-electron chi connectivity index (χ4n) is 4.11. The first kappa shape index (κ1) is 28.4. The van der Waals surface area contributed by atoms with Crippen molar-refractivity contribution < 1.29 is 4.79 Å². The zero-order valence-corrected chi connectivity index (χ0v) is 20.4. The number of unbranched alkanes of at least 4 members (excludes halogenated alkanes) is 13. The fraction of sp³-hybridized carbons (Fsp3) is 0.962. The molecular weight excluding hydrogens is 356 g/mol. The highest BCUT2D eigenvalue weighted by Crippen LogP contribution is 2.19. The summed E-state index contributed by atoms with van der Waals surface area (Å²) >= 11 is 0. The van der Waals surface area contributed by atoms with Crippen LogP contribution in [0.1, 0.15) is 136 Å². The highest BCUT2D eigenvalue weighted by Gasteiger charge is 2.22. The lowest BCUT2D eigenvalue weighted by atomic mass is 9.95. The predicted molar refractivity (Wildman–Crippen MR) is 129 cm³/mol. The van der Waals surface area contributed by atoms with Crippen LogP contribution in [0.5, 0.6) is 0 Å². The molecule has 0 heterocycles. The minimum Gasteiger partial charge on any atom is -0.342 e. The molecule has 0 aliphatic heterocycles. The summed E-state index contributed by atoms with van der Waals surface area (Å²) in [5, 5.41) is 0. The lowest BCUT2D eigenvalue weighted by Gasteiger charge is -2.27. The number of rotatable bonds is 22. The summed E-state index contributed by atoms with van der Waals surface area (Å²) in [4.78, 5) is 15.2. The third kappa shape index (κ3) is 16.9. The predicted octanol–water partition coefficient (Wildman–Crippen LogP) is 7.47. The molecule has 0 saturated carbocycles. The third-order valence-corrected chi connectivity index (χ3v) is 6.15. The molecular formula is C26H54N2O. The quantitative estimate of drug-likeness (QED) is 0.188.